The summed E-state index contributed by atoms with van der Waals surface area (Å²) in [6.45, 7) is 5.26. The zero-order valence-corrected chi connectivity index (χ0v) is 16.9. The van der Waals surface area contributed by atoms with Crippen LogP contribution in [0, 0.1) is 0 Å². The number of amides is 3. The Morgan fingerprint density at radius 3 is 2.34 bits per heavy atom. The molecule has 3 rings (SSSR count). The van der Waals surface area contributed by atoms with Crippen molar-refractivity contribution in [3.63, 3.8) is 0 Å². The second kappa shape index (κ2) is 9.93. The molecule has 0 aromatic heterocycles. The number of ether oxygens (including phenoxy) is 1. The summed E-state index contributed by atoms with van der Waals surface area (Å²) in [7, 11) is 1.67. The van der Waals surface area contributed by atoms with E-state index in [1.807, 2.05) is 61.5 Å². The lowest BCUT2D eigenvalue weighted by Crippen LogP contribution is -2.55. The van der Waals surface area contributed by atoms with E-state index in [0.29, 0.717) is 6.54 Å². The summed E-state index contributed by atoms with van der Waals surface area (Å²) in [6.07, 6.45) is 0. The van der Waals surface area contributed by atoms with Crippen LogP contribution >= 0.6 is 0 Å². The minimum atomic E-state index is -0.474. The van der Waals surface area contributed by atoms with Crippen molar-refractivity contribution in [3.05, 3.63) is 60.2 Å². The summed E-state index contributed by atoms with van der Waals surface area (Å²) < 4.78 is 5.45. The maximum Gasteiger partial charge on any atom is 0.321 e. The van der Waals surface area contributed by atoms with E-state index in [2.05, 4.69) is 20.4 Å². The molecular formula is C22H28N4O3. The van der Waals surface area contributed by atoms with Crippen molar-refractivity contribution in [2.24, 2.45) is 0 Å². The van der Waals surface area contributed by atoms with Gasteiger partial charge in [0.05, 0.1) is 18.8 Å². The molecule has 0 unspecified atom stereocenters. The number of hydrogen-bond donors (Lipinski definition) is 2. The van der Waals surface area contributed by atoms with Crippen molar-refractivity contribution < 1.29 is 14.3 Å². The zero-order valence-electron chi connectivity index (χ0n) is 16.9. The molecule has 7 heteroatoms. The Labute approximate surface area is 171 Å². The van der Waals surface area contributed by atoms with E-state index in [1.165, 1.54) is 0 Å². The molecular weight excluding hydrogens is 368 g/mol. The lowest BCUT2D eigenvalue weighted by molar-refractivity contribution is -0.124. The van der Waals surface area contributed by atoms with Gasteiger partial charge in [0.25, 0.3) is 0 Å². The number of piperazine rings is 1. The van der Waals surface area contributed by atoms with Gasteiger partial charge in [-0.05, 0) is 24.6 Å². The average Bonchev–Trinajstić information content (AvgIpc) is 2.78. The van der Waals surface area contributed by atoms with Crippen LogP contribution in [0.25, 0.3) is 0 Å². The smallest absolute Gasteiger partial charge is 0.321 e. The molecule has 0 aliphatic carbocycles. The number of imide groups is 1. The van der Waals surface area contributed by atoms with Crippen molar-refractivity contribution in [1.82, 2.24) is 15.5 Å². The third-order valence-electron chi connectivity index (χ3n) is 5.20. The van der Waals surface area contributed by atoms with Gasteiger partial charge in [-0.1, -0.05) is 42.5 Å². The summed E-state index contributed by atoms with van der Waals surface area (Å²) in [5.74, 6) is 0.558. The summed E-state index contributed by atoms with van der Waals surface area (Å²) in [4.78, 5) is 28.9. The van der Waals surface area contributed by atoms with Gasteiger partial charge in [-0.25, -0.2) is 4.79 Å². The van der Waals surface area contributed by atoms with Crippen LogP contribution in [0.2, 0.25) is 0 Å². The highest BCUT2D eigenvalue weighted by Gasteiger charge is 2.27. The van der Waals surface area contributed by atoms with Crippen LogP contribution in [-0.2, 0) is 11.3 Å². The lowest BCUT2D eigenvalue weighted by Gasteiger charge is -2.38. The Kier molecular flexibility index (Phi) is 7.08. The van der Waals surface area contributed by atoms with Gasteiger partial charge in [-0.3, -0.25) is 15.0 Å². The van der Waals surface area contributed by atoms with Crippen molar-refractivity contribution in [2.75, 3.05) is 38.2 Å². The van der Waals surface area contributed by atoms with Gasteiger partial charge >= 0.3 is 6.03 Å². The molecule has 1 atom stereocenters. The van der Waals surface area contributed by atoms with Crippen LogP contribution in [0.15, 0.2) is 54.6 Å². The fourth-order valence-corrected chi connectivity index (χ4v) is 3.45. The van der Waals surface area contributed by atoms with Crippen molar-refractivity contribution in [3.8, 4) is 5.75 Å². The number of anilines is 1. The number of carbonyl (C=O) groups is 2. The summed E-state index contributed by atoms with van der Waals surface area (Å²) in [6, 6.07) is 16.7. The van der Waals surface area contributed by atoms with Crippen LogP contribution < -0.4 is 20.3 Å². The Balaban J connectivity index is 1.46. The number of methoxy groups -OCH3 is 1. The maximum absolute atomic E-state index is 12.5. The molecule has 154 valence electrons. The van der Waals surface area contributed by atoms with Gasteiger partial charge in [0, 0.05) is 32.7 Å². The third kappa shape index (κ3) is 5.48. The first-order valence-corrected chi connectivity index (χ1v) is 9.83. The quantitative estimate of drug-likeness (QED) is 0.783. The van der Waals surface area contributed by atoms with Gasteiger partial charge in [-0.15, -0.1) is 0 Å². The molecule has 2 N–H and O–H groups in total. The van der Waals surface area contributed by atoms with Crippen LogP contribution in [0.5, 0.6) is 5.75 Å². The Morgan fingerprint density at radius 1 is 1.00 bits per heavy atom. The first-order chi connectivity index (χ1) is 14.1. The monoisotopic (exact) mass is 396 g/mol. The average molecular weight is 396 g/mol. The number of carbonyl (C=O) groups excluding carboxylic acids is 2. The number of benzene rings is 2. The number of urea groups is 1. The predicted molar refractivity (Wildman–Crippen MR) is 113 cm³/mol. The van der Waals surface area contributed by atoms with Crippen LogP contribution in [0.3, 0.4) is 0 Å². The van der Waals surface area contributed by atoms with E-state index < -0.39 is 6.03 Å². The molecule has 1 saturated heterocycles. The van der Waals surface area contributed by atoms with Gasteiger partial charge in [-0.2, -0.15) is 0 Å². The van der Waals surface area contributed by atoms with Crippen LogP contribution in [-0.4, -0.2) is 56.2 Å². The number of nitrogens with one attached hydrogen (secondary N) is 2. The molecule has 0 radical (unpaired) electrons. The fraction of sp³-hybridized carbons (Fsp3) is 0.364. The van der Waals surface area contributed by atoms with E-state index in [0.717, 1.165) is 43.2 Å². The van der Waals surface area contributed by atoms with Crippen molar-refractivity contribution in [1.29, 1.82) is 0 Å². The van der Waals surface area contributed by atoms with Crippen molar-refractivity contribution >= 4 is 17.6 Å². The number of nitrogens with zero attached hydrogens (tertiary/aromatic N) is 2. The summed E-state index contributed by atoms with van der Waals surface area (Å²) >= 11 is 0. The molecule has 1 fully saturated rings. The van der Waals surface area contributed by atoms with E-state index in [1.54, 1.807) is 7.11 Å². The molecule has 7 nitrogen and oxygen atoms in total. The van der Waals surface area contributed by atoms with Crippen LogP contribution in [0.1, 0.15) is 12.5 Å². The first-order valence-electron chi connectivity index (χ1n) is 9.83. The molecule has 3 amide bonds. The SMILES string of the molecule is COc1ccccc1N1CCN([C@@H](C)C(=O)NC(=O)NCc2ccccc2)CC1. The second-order valence-corrected chi connectivity index (χ2v) is 7.03. The Morgan fingerprint density at radius 2 is 1.66 bits per heavy atom. The van der Waals surface area contributed by atoms with Gasteiger partial charge in [0.1, 0.15) is 5.75 Å². The maximum atomic E-state index is 12.5. The highest BCUT2D eigenvalue weighted by Crippen LogP contribution is 2.28. The fourth-order valence-electron chi connectivity index (χ4n) is 3.45. The van der Waals surface area contributed by atoms with Gasteiger partial charge in [0.2, 0.25) is 5.91 Å². The molecule has 1 heterocycles. The molecule has 0 spiro atoms. The molecule has 1 aliphatic rings. The molecule has 2 aromatic carbocycles. The predicted octanol–water partition coefficient (Wildman–Crippen LogP) is 2.23. The standard InChI is InChI=1S/C22H28N4O3/c1-17(21(27)24-22(28)23-16-18-8-4-3-5-9-18)25-12-14-26(15-13-25)19-10-6-7-11-20(19)29-2/h3-11,17H,12-16H2,1-2H3,(H2,23,24,27,28)/t17-/m0/s1. The van der Waals surface area contributed by atoms with Gasteiger partial charge < -0.3 is 15.0 Å². The van der Waals surface area contributed by atoms with E-state index in [9.17, 15) is 9.59 Å². The van der Waals surface area contributed by atoms with E-state index in [-0.39, 0.29) is 11.9 Å². The third-order valence-corrected chi connectivity index (χ3v) is 5.20. The van der Waals surface area contributed by atoms with Gasteiger partial charge in [0.15, 0.2) is 0 Å². The topological polar surface area (TPSA) is 73.9 Å². The van der Waals surface area contributed by atoms with E-state index >= 15 is 0 Å². The minimum absolute atomic E-state index is 0.290. The Bertz CT molecular complexity index is 820. The lowest BCUT2D eigenvalue weighted by atomic mass is 10.2. The minimum Gasteiger partial charge on any atom is -0.495 e. The molecule has 29 heavy (non-hydrogen) atoms. The summed E-state index contributed by atoms with van der Waals surface area (Å²) in [5, 5.41) is 5.16. The molecule has 0 saturated carbocycles. The number of hydrogen-bond acceptors (Lipinski definition) is 5. The highest BCUT2D eigenvalue weighted by atomic mass is 16.5. The molecule has 0 bridgehead atoms. The highest BCUT2D eigenvalue weighted by molar-refractivity contribution is 5.96. The largest absolute Gasteiger partial charge is 0.495 e. The van der Waals surface area contributed by atoms with Crippen LogP contribution in [0.4, 0.5) is 10.5 Å². The summed E-state index contributed by atoms with van der Waals surface area (Å²) in [5.41, 5.74) is 2.04. The number of rotatable bonds is 6. The number of para-hydroxylation sites is 2. The normalized spacial score (nSPS) is 15.4. The molecule has 1 aliphatic heterocycles. The van der Waals surface area contributed by atoms with Crippen molar-refractivity contribution in [2.45, 2.75) is 19.5 Å². The zero-order chi connectivity index (χ0) is 20.6. The van der Waals surface area contributed by atoms with E-state index in [4.69, 9.17) is 4.74 Å². The molecule has 2 aromatic rings. The first kappa shape index (κ1) is 20.7. The second-order valence-electron chi connectivity index (χ2n) is 7.03. The Hall–Kier alpha value is -3.06.